The number of ether oxygens (including phenoxy) is 3. The van der Waals surface area contributed by atoms with Gasteiger partial charge < -0.3 is 19.5 Å². The fraction of sp³-hybridized carbons (Fsp3) is 0.576. The molecule has 18 heteroatoms. The number of hydrogen-bond acceptors (Lipinski definition) is 9. The fourth-order valence-corrected chi connectivity index (χ4v) is 5.70. The second-order valence-corrected chi connectivity index (χ2v) is 14.4. The van der Waals surface area contributed by atoms with Gasteiger partial charge in [0.25, 0.3) is 5.91 Å². The number of likely N-dealkylation sites (tertiary alicyclic amines) is 2. The van der Waals surface area contributed by atoms with Crippen LogP contribution in [0.4, 0.5) is 35.9 Å². The highest BCUT2D eigenvalue weighted by molar-refractivity contribution is 5.84. The fourth-order valence-electron chi connectivity index (χ4n) is 5.70. The highest BCUT2D eigenvalue weighted by atomic mass is 19.4. The van der Waals surface area contributed by atoms with Gasteiger partial charge in [-0.3, -0.25) is 14.7 Å². The maximum atomic E-state index is 15.2. The normalized spacial score (nSPS) is 23.9. The predicted molar refractivity (Wildman–Crippen MR) is 166 cm³/mol. The highest BCUT2D eigenvalue weighted by Gasteiger charge is 2.59. The van der Waals surface area contributed by atoms with E-state index < -0.39 is 121 Å². The standard InChI is InChI=1S/C33H39F6N5O7/c1-31(2,3)50-29(47)43-15-20(34)11-24(43)28(46)49-17-44(30(48)51-32(4,5)6)16-21(35)12-25(44)27(45)41-14-22-9-18(10-26(36)42-22)23-8-7-19(13-40-23)33(37,38)39/h7-10,13,20-21,24-25H,11-12,14-17H2,1-6H3/p+1. The van der Waals surface area contributed by atoms with E-state index in [1.54, 1.807) is 20.8 Å². The van der Waals surface area contributed by atoms with E-state index in [0.29, 0.717) is 6.20 Å². The van der Waals surface area contributed by atoms with Gasteiger partial charge in [-0.2, -0.15) is 26.8 Å². The van der Waals surface area contributed by atoms with Gasteiger partial charge in [-0.25, -0.2) is 23.4 Å². The molecule has 2 fully saturated rings. The molecule has 2 saturated heterocycles. The Morgan fingerprint density at radius 2 is 1.63 bits per heavy atom. The molecule has 0 spiro atoms. The summed E-state index contributed by atoms with van der Waals surface area (Å²) in [5.74, 6) is -3.06. The highest BCUT2D eigenvalue weighted by Crippen LogP contribution is 2.34. The number of amides is 3. The average Bonchev–Trinajstić information content (AvgIpc) is 3.57. The van der Waals surface area contributed by atoms with Crippen molar-refractivity contribution in [2.45, 2.75) is 103 Å². The summed E-state index contributed by atoms with van der Waals surface area (Å²) in [4.78, 5) is 61.7. The lowest BCUT2D eigenvalue weighted by Gasteiger charge is -2.36. The molecule has 4 heterocycles. The van der Waals surface area contributed by atoms with Crippen LogP contribution < -0.4 is 5.32 Å². The van der Waals surface area contributed by atoms with Crippen LogP contribution >= 0.6 is 0 Å². The summed E-state index contributed by atoms with van der Waals surface area (Å²) in [6, 6.07) is 1.06. The molecule has 0 radical (unpaired) electrons. The summed E-state index contributed by atoms with van der Waals surface area (Å²) in [5, 5.41) is 2.47. The number of aromatic nitrogens is 2. The van der Waals surface area contributed by atoms with Crippen molar-refractivity contribution in [3.8, 4) is 11.3 Å². The minimum Gasteiger partial charge on any atom is -0.444 e. The molecule has 5 unspecified atom stereocenters. The molecule has 0 aromatic carbocycles. The van der Waals surface area contributed by atoms with Crippen LogP contribution in [0.2, 0.25) is 0 Å². The summed E-state index contributed by atoms with van der Waals surface area (Å²) in [6.45, 7) is 6.87. The van der Waals surface area contributed by atoms with Crippen molar-refractivity contribution in [2.75, 3.05) is 19.8 Å². The number of carbonyl (C=O) groups excluding carboxylic acids is 4. The first kappa shape index (κ1) is 39.3. The van der Waals surface area contributed by atoms with Crippen molar-refractivity contribution < 1.29 is 64.2 Å². The van der Waals surface area contributed by atoms with Gasteiger partial charge in [0.15, 0.2) is 12.2 Å². The number of quaternary nitrogens is 1. The molecule has 12 nitrogen and oxygen atoms in total. The number of carbonyl (C=O) groups is 4. The first-order chi connectivity index (χ1) is 23.5. The van der Waals surface area contributed by atoms with E-state index in [2.05, 4.69) is 15.3 Å². The molecular formula is C33H40F6N5O7+. The van der Waals surface area contributed by atoms with Crippen LogP contribution in [0.25, 0.3) is 11.3 Å². The molecular weight excluding hydrogens is 692 g/mol. The van der Waals surface area contributed by atoms with E-state index in [1.165, 1.54) is 26.8 Å². The van der Waals surface area contributed by atoms with E-state index in [4.69, 9.17) is 14.2 Å². The molecule has 2 aromatic rings. The average molecular weight is 733 g/mol. The lowest BCUT2D eigenvalue weighted by molar-refractivity contribution is -0.879. The Kier molecular flexibility index (Phi) is 11.3. The third-order valence-corrected chi connectivity index (χ3v) is 7.92. The molecule has 3 amide bonds. The van der Waals surface area contributed by atoms with E-state index in [-0.39, 0.29) is 17.0 Å². The summed E-state index contributed by atoms with van der Waals surface area (Å²) >= 11 is 0. The van der Waals surface area contributed by atoms with Crippen molar-refractivity contribution >= 4 is 24.1 Å². The summed E-state index contributed by atoms with van der Waals surface area (Å²) in [5.41, 5.74) is -3.14. The Balaban J connectivity index is 1.55. The van der Waals surface area contributed by atoms with Crippen LogP contribution in [0.3, 0.4) is 0 Å². The van der Waals surface area contributed by atoms with Crippen molar-refractivity contribution in [1.82, 2.24) is 20.2 Å². The van der Waals surface area contributed by atoms with Crippen LogP contribution in [0.15, 0.2) is 30.5 Å². The predicted octanol–water partition coefficient (Wildman–Crippen LogP) is 5.63. The van der Waals surface area contributed by atoms with Gasteiger partial charge in [-0.05, 0) is 59.7 Å². The zero-order valence-corrected chi connectivity index (χ0v) is 28.9. The number of alkyl halides is 5. The zero-order chi connectivity index (χ0) is 38.1. The molecule has 0 bridgehead atoms. The van der Waals surface area contributed by atoms with Crippen molar-refractivity contribution in [3.05, 3.63) is 47.7 Å². The summed E-state index contributed by atoms with van der Waals surface area (Å²) in [7, 11) is 0. The van der Waals surface area contributed by atoms with Gasteiger partial charge in [-0.15, -0.1) is 0 Å². The number of nitrogens with one attached hydrogen (secondary N) is 1. The molecule has 51 heavy (non-hydrogen) atoms. The quantitative estimate of drug-likeness (QED) is 0.126. The largest absolute Gasteiger partial charge is 0.520 e. The summed E-state index contributed by atoms with van der Waals surface area (Å²) in [6.07, 6.45) is -10.4. The number of hydrogen-bond donors (Lipinski definition) is 1. The number of halogens is 6. The smallest absolute Gasteiger partial charge is 0.444 e. The minimum absolute atomic E-state index is 0.0121. The van der Waals surface area contributed by atoms with Gasteiger partial charge in [0.1, 0.15) is 30.0 Å². The number of pyridine rings is 2. The third kappa shape index (κ3) is 9.86. The molecule has 1 N–H and O–H groups in total. The molecule has 280 valence electrons. The first-order valence-electron chi connectivity index (χ1n) is 16.0. The number of nitrogens with zero attached hydrogens (tertiary/aromatic N) is 4. The number of esters is 1. The van der Waals surface area contributed by atoms with E-state index >= 15 is 4.39 Å². The van der Waals surface area contributed by atoms with Crippen LogP contribution in [0.5, 0.6) is 0 Å². The van der Waals surface area contributed by atoms with E-state index in [9.17, 15) is 41.1 Å². The number of rotatable bonds is 7. The van der Waals surface area contributed by atoms with Crippen molar-refractivity contribution in [2.24, 2.45) is 0 Å². The maximum absolute atomic E-state index is 15.2. The maximum Gasteiger partial charge on any atom is 0.520 e. The second-order valence-electron chi connectivity index (χ2n) is 14.4. The zero-order valence-electron chi connectivity index (χ0n) is 28.9. The SMILES string of the molecule is CC(C)(C)OC(=O)N1CC(F)CC1C(=O)OC[N+]1(C(=O)OC(C)(C)C)CC(F)CC1C(=O)NCc1cc(-c2ccc(C(F)(F)F)cn2)cc(F)n1. The Morgan fingerprint density at radius 3 is 2.22 bits per heavy atom. The van der Waals surface area contributed by atoms with Crippen molar-refractivity contribution in [1.29, 1.82) is 0 Å². The monoisotopic (exact) mass is 732 g/mol. The van der Waals surface area contributed by atoms with Gasteiger partial charge in [0.2, 0.25) is 12.7 Å². The van der Waals surface area contributed by atoms with Crippen molar-refractivity contribution in [3.63, 3.8) is 0 Å². The summed E-state index contributed by atoms with van der Waals surface area (Å²) < 4.78 is 98.1. The van der Waals surface area contributed by atoms with Crippen LogP contribution in [0, 0.1) is 5.95 Å². The minimum atomic E-state index is -4.64. The van der Waals surface area contributed by atoms with Crippen LogP contribution in [0.1, 0.15) is 65.6 Å². The van der Waals surface area contributed by atoms with Crippen LogP contribution in [-0.4, -0.2) is 98.9 Å². The lowest BCUT2D eigenvalue weighted by atomic mass is 10.1. The van der Waals surface area contributed by atoms with Gasteiger partial charge in [0.05, 0.1) is 30.0 Å². The topological polar surface area (TPSA) is 137 Å². The molecule has 5 atom stereocenters. The third-order valence-electron chi connectivity index (χ3n) is 7.92. The molecule has 4 rings (SSSR count). The van der Waals surface area contributed by atoms with E-state index in [0.717, 1.165) is 23.1 Å². The Hall–Kier alpha value is -4.48. The van der Waals surface area contributed by atoms with E-state index in [1.807, 2.05) is 0 Å². The Bertz CT molecular complexity index is 1630. The van der Waals surface area contributed by atoms with Gasteiger partial charge >= 0.3 is 24.3 Å². The molecule has 0 aliphatic carbocycles. The molecule has 2 aliphatic rings. The van der Waals surface area contributed by atoms with Gasteiger partial charge in [0, 0.05) is 30.7 Å². The Morgan fingerprint density at radius 1 is 0.961 bits per heavy atom. The molecule has 0 saturated carbocycles. The van der Waals surface area contributed by atoms with Gasteiger partial charge in [-0.1, -0.05) is 0 Å². The van der Waals surface area contributed by atoms with Crippen LogP contribution in [-0.2, 0) is 36.5 Å². The lowest BCUT2D eigenvalue weighted by Crippen LogP contribution is -2.63. The Labute approximate surface area is 290 Å². The molecule has 2 aromatic heterocycles. The first-order valence-corrected chi connectivity index (χ1v) is 16.0. The second kappa shape index (κ2) is 14.6. The molecule has 2 aliphatic heterocycles.